The maximum absolute atomic E-state index is 12.3. The molecule has 0 fully saturated rings. The van der Waals surface area contributed by atoms with Crippen molar-refractivity contribution in [3.05, 3.63) is 35.5 Å². The van der Waals surface area contributed by atoms with Crippen molar-refractivity contribution in [2.75, 3.05) is 0 Å². The number of aryl methyl sites for hydroxylation is 1. The van der Waals surface area contributed by atoms with Crippen LogP contribution in [-0.4, -0.2) is 18.1 Å². The lowest BCUT2D eigenvalue weighted by Gasteiger charge is -2.10. The maximum Gasteiger partial charge on any atom is 0.242 e. The van der Waals surface area contributed by atoms with Gasteiger partial charge in [0.05, 0.1) is 17.1 Å². The molecule has 0 aliphatic heterocycles. The number of nitrogens with zero attached hydrogens (tertiary/aromatic N) is 2. The Hall–Kier alpha value is -1.64. The molecule has 2 aromatic rings. The predicted octanol–water partition coefficient (Wildman–Crippen LogP) is 1.30. The Bertz CT molecular complexity index is 716. The van der Waals surface area contributed by atoms with E-state index in [4.69, 9.17) is 10.3 Å². The molecule has 0 saturated carbocycles. The fourth-order valence-electron chi connectivity index (χ4n) is 2.04. The highest BCUT2D eigenvalue weighted by atomic mass is 32.2. The molecule has 21 heavy (non-hydrogen) atoms. The standard InChI is InChI=1S/C13H20N4O3S/c1-9(2)17-8-13(5-11(17)6-14)21(18,19)15-7-12-4-10(3)16-20-12/h4-5,8-9,15H,6-7,14H2,1-3H3. The number of rotatable bonds is 6. The molecule has 0 atom stereocenters. The normalized spacial score (nSPS) is 12.2. The van der Waals surface area contributed by atoms with Crippen molar-refractivity contribution in [1.29, 1.82) is 0 Å². The molecular weight excluding hydrogens is 292 g/mol. The van der Waals surface area contributed by atoms with Gasteiger partial charge in [0, 0.05) is 30.5 Å². The first kappa shape index (κ1) is 15.7. The molecule has 0 unspecified atom stereocenters. The van der Waals surface area contributed by atoms with E-state index in [0.717, 1.165) is 5.69 Å². The summed E-state index contributed by atoms with van der Waals surface area (Å²) in [5.74, 6) is 0.471. The third kappa shape index (κ3) is 3.52. The van der Waals surface area contributed by atoms with Crippen LogP contribution in [0.4, 0.5) is 0 Å². The number of nitrogens with two attached hydrogens (primary N) is 1. The summed E-state index contributed by atoms with van der Waals surface area (Å²) < 4.78 is 33.9. The third-order valence-corrected chi connectivity index (χ3v) is 4.46. The van der Waals surface area contributed by atoms with Crippen LogP contribution in [0.15, 0.2) is 27.7 Å². The van der Waals surface area contributed by atoms with Crippen LogP contribution < -0.4 is 10.5 Å². The number of hydrogen-bond acceptors (Lipinski definition) is 5. The fraction of sp³-hybridized carbons (Fsp3) is 0.462. The van der Waals surface area contributed by atoms with Crippen molar-refractivity contribution in [3.63, 3.8) is 0 Å². The van der Waals surface area contributed by atoms with Gasteiger partial charge in [0.2, 0.25) is 10.0 Å². The lowest BCUT2D eigenvalue weighted by molar-refractivity contribution is 0.377. The summed E-state index contributed by atoms with van der Waals surface area (Å²) in [6.45, 7) is 6.07. The summed E-state index contributed by atoms with van der Waals surface area (Å²) in [6.07, 6.45) is 1.60. The molecule has 116 valence electrons. The summed E-state index contributed by atoms with van der Waals surface area (Å²) in [5, 5.41) is 3.71. The highest BCUT2D eigenvalue weighted by Gasteiger charge is 2.19. The second-order valence-corrected chi connectivity index (χ2v) is 6.90. The second kappa shape index (κ2) is 6.00. The van der Waals surface area contributed by atoms with Crippen LogP contribution in [0.2, 0.25) is 0 Å². The van der Waals surface area contributed by atoms with Gasteiger partial charge in [0.25, 0.3) is 0 Å². The van der Waals surface area contributed by atoms with Gasteiger partial charge in [-0.05, 0) is 26.8 Å². The van der Waals surface area contributed by atoms with Gasteiger partial charge < -0.3 is 14.8 Å². The first-order valence-corrected chi connectivity index (χ1v) is 8.14. The van der Waals surface area contributed by atoms with E-state index in [1.165, 1.54) is 0 Å². The van der Waals surface area contributed by atoms with E-state index in [1.54, 1.807) is 25.3 Å². The predicted molar refractivity (Wildman–Crippen MR) is 78.0 cm³/mol. The average Bonchev–Trinajstić information content (AvgIpc) is 3.02. The highest BCUT2D eigenvalue weighted by Crippen LogP contribution is 2.19. The van der Waals surface area contributed by atoms with Crippen molar-refractivity contribution >= 4 is 10.0 Å². The van der Waals surface area contributed by atoms with Crippen LogP contribution in [0.1, 0.15) is 37.0 Å². The lowest BCUT2D eigenvalue weighted by Crippen LogP contribution is -2.22. The molecule has 2 heterocycles. The zero-order valence-corrected chi connectivity index (χ0v) is 13.1. The smallest absolute Gasteiger partial charge is 0.242 e. The van der Waals surface area contributed by atoms with Crippen molar-refractivity contribution in [1.82, 2.24) is 14.4 Å². The van der Waals surface area contributed by atoms with Gasteiger partial charge in [0.15, 0.2) is 5.76 Å². The molecule has 0 aliphatic carbocycles. The van der Waals surface area contributed by atoms with Crippen molar-refractivity contribution in [3.8, 4) is 0 Å². The molecule has 7 nitrogen and oxygen atoms in total. The van der Waals surface area contributed by atoms with Crippen LogP contribution in [0.25, 0.3) is 0 Å². The number of nitrogens with one attached hydrogen (secondary N) is 1. The molecule has 0 radical (unpaired) electrons. The summed E-state index contributed by atoms with van der Waals surface area (Å²) >= 11 is 0. The summed E-state index contributed by atoms with van der Waals surface area (Å²) in [6, 6.07) is 3.42. The molecule has 0 aliphatic rings. The topological polar surface area (TPSA) is 103 Å². The Labute approximate surface area is 124 Å². The quantitative estimate of drug-likeness (QED) is 0.837. The summed E-state index contributed by atoms with van der Waals surface area (Å²) in [4.78, 5) is 0.202. The van der Waals surface area contributed by atoms with E-state index < -0.39 is 10.0 Å². The molecular formula is C13H20N4O3S. The molecule has 0 bridgehead atoms. The summed E-state index contributed by atoms with van der Waals surface area (Å²) in [7, 11) is -3.61. The Balaban J connectivity index is 2.19. The Morgan fingerprint density at radius 2 is 2.14 bits per heavy atom. The van der Waals surface area contributed by atoms with Crippen LogP contribution >= 0.6 is 0 Å². The van der Waals surface area contributed by atoms with Crippen molar-refractivity contribution < 1.29 is 12.9 Å². The number of hydrogen-bond donors (Lipinski definition) is 2. The van der Waals surface area contributed by atoms with Gasteiger partial charge >= 0.3 is 0 Å². The fourth-order valence-corrected chi connectivity index (χ4v) is 3.08. The average molecular weight is 312 g/mol. The SMILES string of the molecule is Cc1cc(CNS(=O)(=O)c2cc(CN)n(C(C)C)c2)on1. The van der Waals surface area contributed by atoms with Gasteiger partial charge in [-0.3, -0.25) is 0 Å². The Morgan fingerprint density at radius 3 is 2.62 bits per heavy atom. The molecule has 3 N–H and O–H groups in total. The van der Waals surface area contributed by atoms with Gasteiger partial charge in [-0.1, -0.05) is 5.16 Å². The highest BCUT2D eigenvalue weighted by molar-refractivity contribution is 7.89. The van der Waals surface area contributed by atoms with Crippen LogP contribution in [-0.2, 0) is 23.1 Å². The Kier molecular flexibility index (Phi) is 4.50. The maximum atomic E-state index is 12.3. The van der Waals surface area contributed by atoms with E-state index in [1.807, 2.05) is 18.4 Å². The minimum Gasteiger partial charge on any atom is -0.360 e. The number of sulfonamides is 1. The van der Waals surface area contributed by atoms with E-state index in [-0.39, 0.29) is 24.0 Å². The molecule has 2 aromatic heterocycles. The molecule has 2 rings (SSSR count). The van der Waals surface area contributed by atoms with E-state index in [2.05, 4.69) is 9.88 Å². The summed E-state index contributed by atoms with van der Waals surface area (Å²) in [5.41, 5.74) is 7.14. The monoisotopic (exact) mass is 312 g/mol. The van der Waals surface area contributed by atoms with Crippen molar-refractivity contribution in [2.24, 2.45) is 5.73 Å². The zero-order chi connectivity index (χ0) is 15.6. The van der Waals surface area contributed by atoms with Crippen LogP contribution in [0, 0.1) is 6.92 Å². The zero-order valence-electron chi connectivity index (χ0n) is 12.3. The largest absolute Gasteiger partial charge is 0.360 e. The van der Waals surface area contributed by atoms with Gasteiger partial charge in [-0.25, -0.2) is 13.1 Å². The van der Waals surface area contributed by atoms with Crippen LogP contribution in [0.3, 0.4) is 0 Å². The van der Waals surface area contributed by atoms with Gasteiger partial charge in [0.1, 0.15) is 0 Å². The van der Waals surface area contributed by atoms with Gasteiger partial charge in [-0.15, -0.1) is 0 Å². The molecule has 0 saturated heterocycles. The molecule has 0 aromatic carbocycles. The van der Waals surface area contributed by atoms with Gasteiger partial charge in [-0.2, -0.15) is 0 Å². The minimum atomic E-state index is -3.61. The molecule has 0 spiro atoms. The van der Waals surface area contributed by atoms with E-state index >= 15 is 0 Å². The third-order valence-electron chi connectivity index (χ3n) is 3.10. The molecule has 8 heteroatoms. The Morgan fingerprint density at radius 1 is 1.43 bits per heavy atom. The lowest BCUT2D eigenvalue weighted by atomic mass is 10.3. The molecule has 0 amide bonds. The van der Waals surface area contributed by atoms with Crippen molar-refractivity contribution in [2.45, 2.75) is 44.8 Å². The number of aromatic nitrogens is 2. The van der Waals surface area contributed by atoms with Crippen LogP contribution in [0.5, 0.6) is 0 Å². The first-order chi connectivity index (χ1) is 9.83. The van der Waals surface area contributed by atoms with E-state index in [0.29, 0.717) is 11.5 Å². The minimum absolute atomic E-state index is 0.0635. The van der Waals surface area contributed by atoms with E-state index in [9.17, 15) is 8.42 Å². The second-order valence-electron chi connectivity index (χ2n) is 5.13. The first-order valence-electron chi connectivity index (χ1n) is 6.66.